The van der Waals surface area contributed by atoms with Crippen LogP contribution < -0.4 is 5.32 Å². The maximum absolute atomic E-state index is 12.8. The van der Waals surface area contributed by atoms with Crippen LogP contribution in [0, 0.1) is 0 Å². The molecule has 3 aromatic rings. The summed E-state index contributed by atoms with van der Waals surface area (Å²) in [7, 11) is -4.86. The van der Waals surface area contributed by atoms with Crippen molar-refractivity contribution in [3.8, 4) is 5.69 Å². The Hall–Kier alpha value is -2.57. The zero-order valence-electron chi connectivity index (χ0n) is 14.4. The molecule has 0 unspecified atom stereocenters. The van der Waals surface area contributed by atoms with Gasteiger partial charge in [-0.25, -0.2) is 8.42 Å². The van der Waals surface area contributed by atoms with E-state index in [-0.39, 0.29) is 11.4 Å². The fourth-order valence-electron chi connectivity index (χ4n) is 2.24. The molecule has 0 aliphatic rings. The van der Waals surface area contributed by atoms with E-state index in [4.69, 9.17) is 11.6 Å². The van der Waals surface area contributed by atoms with Gasteiger partial charge in [0.15, 0.2) is 0 Å². The van der Waals surface area contributed by atoms with Gasteiger partial charge in [0.05, 0.1) is 22.0 Å². The zero-order valence-corrected chi connectivity index (χ0v) is 16.8. The minimum atomic E-state index is -4.86. The number of aromatic nitrogens is 4. The summed E-state index contributed by atoms with van der Waals surface area (Å²) >= 11 is 6.83. The van der Waals surface area contributed by atoms with Crippen LogP contribution in [0.5, 0.6) is 0 Å². The Morgan fingerprint density at radius 3 is 2.55 bits per heavy atom. The number of amides is 1. The average molecular weight is 460 g/mol. The van der Waals surface area contributed by atoms with Crippen molar-refractivity contribution >= 4 is 44.8 Å². The number of nitrogens with zero attached hydrogens (tertiary/aromatic N) is 4. The number of anilines is 1. The van der Waals surface area contributed by atoms with E-state index in [1.54, 1.807) is 24.3 Å². The number of benzene rings is 2. The van der Waals surface area contributed by atoms with E-state index in [1.807, 2.05) is 0 Å². The van der Waals surface area contributed by atoms with E-state index < -0.39 is 26.4 Å². The number of halogens is 3. The molecule has 0 aliphatic carbocycles. The molecule has 3 rings (SSSR count). The summed E-state index contributed by atoms with van der Waals surface area (Å²) in [6, 6.07) is 11.6. The molecular weight excluding hydrogens is 448 g/mol. The fourth-order valence-corrected chi connectivity index (χ4v) is 3.95. The van der Waals surface area contributed by atoms with Crippen molar-refractivity contribution in [2.45, 2.75) is 15.8 Å². The molecule has 13 heteroatoms. The Kier molecular flexibility index (Phi) is 6.45. The fraction of sp³-hybridized carbons (Fsp3) is 0.125. The summed E-state index contributed by atoms with van der Waals surface area (Å²) in [5.74, 6) is -4.40. The number of sulfone groups is 1. The number of hydrogen-bond acceptors (Lipinski definition) is 7. The SMILES string of the molecule is O=C(CSc1nnnn1-c1ccc(Cl)cc1)Nc1ccccc1S(=O)(=O)C(F)F. The van der Waals surface area contributed by atoms with E-state index in [2.05, 4.69) is 20.8 Å². The molecule has 1 aromatic heterocycles. The number of tetrazole rings is 1. The lowest BCUT2D eigenvalue weighted by atomic mass is 10.3. The van der Waals surface area contributed by atoms with Crippen LogP contribution in [0.3, 0.4) is 0 Å². The smallest absolute Gasteiger partial charge is 0.324 e. The molecule has 0 spiro atoms. The first kappa shape index (κ1) is 21.1. The Balaban J connectivity index is 1.71. The van der Waals surface area contributed by atoms with Crippen molar-refractivity contribution in [2.24, 2.45) is 0 Å². The predicted molar refractivity (Wildman–Crippen MR) is 103 cm³/mol. The van der Waals surface area contributed by atoms with Crippen molar-refractivity contribution in [3.63, 3.8) is 0 Å². The van der Waals surface area contributed by atoms with Crippen LogP contribution in [-0.4, -0.2) is 46.0 Å². The summed E-state index contributed by atoms with van der Waals surface area (Å²) in [4.78, 5) is 11.6. The number of nitrogens with one attached hydrogen (secondary N) is 1. The highest BCUT2D eigenvalue weighted by Gasteiger charge is 2.29. The highest BCUT2D eigenvalue weighted by Crippen LogP contribution is 2.26. The molecule has 152 valence electrons. The molecule has 0 radical (unpaired) electrons. The molecule has 29 heavy (non-hydrogen) atoms. The van der Waals surface area contributed by atoms with Crippen LogP contribution in [0.4, 0.5) is 14.5 Å². The van der Waals surface area contributed by atoms with Crippen molar-refractivity contribution in [1.29, 1.82) is 0 Å². The molecule has 1 amide bonds. The van der Waals surface area contributed by atoms with Crippen LogP contribution in [0.15, 0.2) is 58.6 Å². The van der Waals surface area contributed by atoms with Crippen LogP contribution in [-0.2, 0) is 14.6 Å². The normalized spacial score (nSPS) is 11.6. The van der Waals surface area contributed by atoms with E-state index in [0.29, 0.717) is 15.9 Å². The molecule has 1 N–H and O–H groups in total. The van der Waals surface area contributed by atoms with Crippen LogP contribution >= 0.6 is 23.4 Å². The van der Waals surface area contributed by atoms with E-state index in [0.717, 1.165) is 17.8 Å². The number of alkyl halides is 2. The quantitative estimate of drug-likeness (QED) is 0.541. The Morgan fingerprint density at radius 1 is 1.17 bits per heavy atom. The predicted octanol–water partition coefficient (Wildman–Crippen LogP) is 3.04. The van der Waals surface area contributed by atoms with Crippen molar-refractivity contribution in [3.05, 3.63) is 53.6 Å². The second-order valence-corrected chi connectivity index (χ2v) is 8.75. The van der Waals surface area contributed by atoms with Gasteiger partial charge in [-0.3, -0.25) is 4.79 Å². The molecule has 0 atom stereocenters. The highest BCUT2D eigenvalue weighted by molar-refractivity contribution is 7.99. The Morgan fingerprint density at radius 2 is 1.86 bits per heavy atom. The van der Waals surface area contributed by atoms with E-state index in [1.165, 1.54) is 22.9 Å². The molecule has 0 saturated carbocycles. The number of thioether (sulfide) groups is 1. The lowest BCUT2D eigenvalue weighted by Gasteiger charge is -2.11. The average Bonchev–Trinajstić information content (AvgIpc) is 3.16. The second-order valence-electron chi connectivity index (χ2n) is 5.49. The van der Waals surface area contributed by atoms with Crippen LogP contribution in [0.2, 0.25) is 5.02 Å². The van der Waals surface area contributed by atoms with Gasteiger partial charge in [-0.2, -0.15) is 13.5 Å². The molecule has 0 aliphatic heterocycles. The van der Waals surface area contributed by atoms with Gasteiger partial charge in [-0.15, -0.1) is 5.10 Å². The van der Waals surface area contributed by atoms with Gasteiger partial charge in [0, 0.05) is 5.02 Å². The van der Waals surface area contributed by atoms with Gasteiger partial charge in [0.25, 0.3) is 0 Å². The minimum Gasteiger partial charge on any atom is -0.324 e. The van der Waals surface area contributed by atoms with E-state index in [9.17, 15) is 22.0 Å². The topological polar surface area (TPSA) is 107 Å². The van der Waals surface area contributed by atoms with Crippen molar-refractivity contribution in [1.82, 2.24) is 20.2 Å². The van der Waals surface area contributed by atoms with Crippen molar-refractivity contribution < 1.29 is 22.0 Å². The highest BCUT2D eigenvalue weighted by atomic mass is 35.5. The third-order valence-corrected chi connectivity index (χ3v) is 6.16. The summed E-state index contributed by atoms with van der Waals surface area (Å²) in [6.45, 7) is 0. The van der Waals surface area contributed by atoms with Gasteiger partial charge in [0.2, 0.25) is 20.9 Å². The number of rotatable bonds is 7. The lowest BCUT2D eigenvalue weighted by Crippen LogP contribution is -2.19. The molecule has 1 heterocycles. The third-order valence-electron chi connectivity index (χ3n) is 3.55. The maximum Gasteiger partial charge on any atom is 0.341 e. The summed E-state index contributed by atoms with van der Waals surface area (Å²) in [5, 5.41) is 14.4. The molecule has 2 aromatic carbocycles. The molecule has 0 bridgehead atoms. The van der Waals surface area contributed by atoms with Crippen LogP contribution in [0.25, 0.3) is 5.69 Å². The number of carbonyl (C=O) groups is 1. The standard InChI is InChI=1S/C16H12ClF2N5O3S2/c17-10-5-7-11(8-6-10)24-16(21-22-23-24)28-9-14(25)20-12-3-1-2-4-13(12)29(26,27)15(18)19/h1-8,15H,9H2,(H,20,25). The summed E-state index contributed by atoms with van der Waals surface area (Å²) in [6.07, 6.45) is 0. The van der Waals surface area contributed by atoms with Gasteiger partial charge in [-0.1, -0.05) is 35.5 Å². The maximum atomic E-state index is 12.8. The Labute approximate surface area is 173 Å². The first-order valence-corrected chi connectivity index (χ1v) is 10.8. The number of carbonyl (C=O) groups excluding carboxylic acids is 1. The van der Waals surface area contributed by atoms with E-state index >= 15 is 0 Å². The summed E-state index contributed by atoms with van der Waals surface area (Å²) in [5.41, 5.74) is 0.395. The molecular formula is C16H12ClF2N5O3S2. The first-order valence-electron chi connectivity index (χ1n) is 7.87. The zero-order chi connectivity index (χ0) is 21.0. The monoisotopic (exact) mass is 459 g/mol. The molecule has 0 fully saturated rings. The number of para-hydroxylation sites is 1. The van der Waals surface area contributed by atoms with Crippen molar-refractivity contribution in [2.75, 3.05) is 11.1 Å². The van der Waals surface area contributed by atoms with Crippen LogP contribution in [0.1, 0.15) is 0 Å². The largest absolute Gasteiger partial charge is 0.341 e. The van der Waals surface area contributed by atoms with Gasteiger partial charge >= 0.3 is 5.76 Å². The third kappa shape index (κ3) is 4.89. The van der Waals surface area contributed by atoms with Gasteiger partial charge in [0.1, 0.15) is 0 Å². The molecule has 0 saturated heterocycles. The second kappa shape index (κ2) is 8.84. The van der Waals surface area contributed by atoms with Gasteiger partial charge < -0.3 is 5.32 Å². The minimum absolute atomic E-state index is 0.184. The molecule has 8 nitrogen and oxygen atoms in total. The Bertz CT molecular complexity index is 1120. The first-order chi connectivity index (χ1) is 13.8. The lowest BCUT2D eigenvalue weighted by molar-refractivity contribution is -0.113. The van der Waals surface area contributed by atoms with Gasteiger partial charge in [-0.05, 0) is 46.8 Å². The summed E-state index contributed by atoms with van der Waals surface area (Å²) < 4.78 is 50.6. The number of hydrogen-bond donors (Lipinski definition) is 1.